The van der Waals surface area contributed by atoms with Gasteiger partial charge in [-0.1, -0.05) is 24.3 Å². The van der Waals surface area contributed by atoms with Crippen LogP contribution in [0.15, 0.2) is 47.4 Å². The number of hydrogen-bond acceptors (Lipinski definition) is 7. The molecule has 10 heteroatoms. The summed E-state index contributed by atoms with van der Waals surface area (Å²) in [4.78, 5) is 4.79. The molecular formula is C20H22FN5O2S2. The van der Waals surface area contributed by atoms with Crippen molar-refractivity contribution in [3.63, 3.8) is 0 Å². The SMILES string of the molecule is CCc1nnc(Nc2cccc([C@H]3CCCN(S(=O)(=O)c4ccc(F)cc4)C3)n2)s1. The van der Waals surface area contributed by atoms with E-state index in [1.165, 1.54) is 39.9 Å². The van der Waals surface area contributed by atoms with Crippen molar-refractivity contribution in [3.8, 4) is 0 Å². The zero-order valence-electron chi connectivity index (χ0n) is 16.5. The highest BCUT2D eigenvalue weighted by atomic mass is 32.2. The van der Waals surface area contributed by atoms with Gasteiger partial charge < -0.3 is 5.32 Å². The zero-order chi connectivity index (χ0) is 21.1. The molecule has 158 valence electrons. The molecule has 1 N–H and O–H groups in total. The monoisotopic (exact) mass is 447 g/mol. The quantitative estimate of drug-likeness (QED) is 0.616. The van der Waals surface area contributed by atoms with Crippen molar-refractivity contribution in [2.24, 2.45) is 0 Å². The molecule has 1 aromatic carbocycles. The molecule has 30 heavy (non-hydrogen) atoms. The van der Waals surface area contributed by atoms with E-state index in [-0.39, 0.29) is 10.8 Å². The number of aromatic nitrogens is 3. The lowest BCUT2D eigenvalue weighted by Crippen LogP contribution is -2.39. The van der Waals surface area contributed by atoms with Crippen LogP contribution in [0.4, 0.5) is 15.3 Å². The lowest BCUT2D eigenvalue weighted by Gasteiger charge is -2.31. The molecule has 7 nitrogen and oxygen atoms in total. The minimum absolute atomic E-state index is 0.0173. The standard InChI is InChI=1S/C20H22FN5O2S2/c1-2-19-24-25-20(29-19)23-18-7-3-6-17(22-18)14-5-4-12-26(13-14)30(27,28)16-10-8-15(21)9-11-16/h3,6-11,14H,2,4-5,12-13H2,1H3,(H,22,23,25)/t14-/m0/s1. The summed E-state index contributed by atoms with van der Waals surface area (Å²) in [5, 5.41) is 13.0. The van der Waals surface area contributed by atoms with E-state index in [0.29, 0.717) is 24.0 Å². The summed E-state index contributed by atoms with van der Waals surface area (Å²) >= 11 is 1.48. The van der Waals surface area contributed by atoms with Crippen LogP contribution in [0.25, 0.3) is 0 Å². The molecular weight excluding hydrogens is 425 g/mol. The first-order valence-corrected chi connectivity index (χ1v) is 12.0. The molecule has 1 fully saturated rings. The molecule has 1 aliphatic heterocycles. The van der Waals surface area contributed by atoms with E-state index in [9.17, 15) is 12.8 Å². The van der Waals surface area contributed by atoms with Gasteiger partial charge in [-0.15, -0.1) is 10.2 Å². The molecule has 0 unspecified atom stereocenters. The predicted molar refractivity (Wildman–Crippen MR) is 114 cm³/mol. The molecule has 0 aliphatic carbocycles. The summed E-state index contributed by atoms with van der Waals surface area (Å²) in [6, 6.07) is 10.6. The average Bonchev–Trinajstić information content (AvgIpc) is 3.22. The van der Waals surface area contributed by atoms with Gasteiger partial charge in [0.1, 0.15) is 16.6 Å². The summed E-state index contributed by atoms with van der Waals surface area (Å²) in [5.41, 5.74) is 0.833. The fourth-order valence-electron chi connectivity index (χ4n) is 3.46. The maximum absolute atomic E-state index is 13.2. The van der Waals surface area contributed by atoms with Crippen molar-refractivity contribution in [3.05, 3.63) is 59.0 Å². The van der Waals surface area contributed by atoms with Crippen LogP contribution >= 0.6 is 11.3 Å². The molecule has 0 saturated carbocycles. The first kappa shape index (κ1) is 20.8. The smallest absolute Gasteiger partial charge is 0.243 e. The Hall–Kier alpha value is -2.43. The van der Waals surface area contributed by atoms with E-state index in [2.05, 4.69) is 20.5 Å². The molecule has 1 atom stereocenters. The Bertz CT molecular complexity index is 1120. The molecule has 0 radical (unpaired) electrons. The van der Waals surface area contributed by atoms with Crippen LogP contribution < -0.4 is 5.32 Å². The Morgan fingerprint density at radius 2 is 2.00 bits per heavy atom. The number of aryl methyl sites for hydroxylation is 1. The number of halogens is 1. The van der Waals surface area contributed by atoms with Gasteiger partial charge in [-0.3, -0.25) is 0 Å². The highest BCUT2D eigenvalue weighted by molar-refractivity contribution is 7.89. The lowest BCUT2D eigenvalue weighted by molar-refractivity contribution is 0.313. The number of sulfonamides is 1. The van der Waals surface area contributed by atoms with Gasteiger partial charge >= 0.3 is 0 Å². The average molecular weight is 448 g/mol. The van der Waals surface area contributed by atoms with Gasteiger partial charge in [0.05, 0.1) is 4.90 Å². The van der Waals surface area contributed by atoms with Crippen molar-refractivity contribution in [1.82, 2.24) is 19.5 Å². The number of piperidine rings is 1. The van der Waals surface area contributed by atoms with Gasteiger partial charge in [-0.05, 0) is 55.7 Å². The van der Waals surface area contributed by atoms with Crippen LogP contribution in [-0.4, -0.2) is 41.0 Å². The summed E-state index contributed by atoms with van der Waals surface area (Å²) in [7, 11) is -3.67. The third-order valence-electron chi connectivity index (χ3n) is 5.03. The molecule has 1 aliphatic rings. The largest absolute Gasteiger partial charge is 0.315 e. The second-order valence-electron chi connectivity index (χ2n) is 7.08. The summed E-state index contributed by atoms with van der Waals surface area (Å²) in [5.74, 6) is 0.182. The van der Waals surface area contributed by atoms with Crippen molar-refractivity contribution >= 4 is 32.3 Å². The van der Waals surface area contributed by atoms with Crippen LogP contribution in [0.1, 0.15) is 36.4 Å². The van der Waals surface area contributed by atoms with Crippen LogP contribution in [0.2, 0.25) is 0 Å². The van der Waals surface area contributed by atoms with Gasteiger partial charge in [-0.2, -0.15) is 4.31 Å². The summed E-state index contributed by atoms with van der Waals surface area (Å²) < 4.78 is 40.6. The maximum atomic E-state index is 13.2. The first-order valence-electron chi connectivity index (χ1n) is 9.78. The summed E-state index contributed by atoms with van der Waals surface area (Å²) in [6.07, 6.45) is 2.42. The van der Waals surface area contributed by atoms with E-state index in [0.717, 1.165) is 30.0 Å². The van der Waals surface area contributed by atoms with Gasteiger partial charge in [0.25, 0.3) is 0 Å². The minimum atomic E-state index is -3.67. The van der Waals surface area contributed by atoms with Crippen LogP contribution in [0, 0.1) is 5.82 Å². The third kappa shape index (κ3) is 4.50. The molecule has 4 rings (SSSR count). The van der Waals surface area contributed by atoms with E-state index in [4.69, 9.17) is 0 Å². The highest BCUT2D eigenvalue weighted by Crippen LogP contribution is 2.30. The van der Waals surface area contributed by atoms with Crippen LogP contribution in [0.5, 0.6) is 0 Å². The van der Waals surface area contributed by atoms with Crippen molar-refractivity contribution < 1.29 is 12.8 Å². The molecule has 0 amide bonds. The van der Waals surface area contributed by atoms with E-state index in [1.54, 1.807) is 0 Å². The number of nitrogens with zero attached hydrogens (tertiary/aromatic N) is 4. The fraction of sp³-hybridized carbons (Fsp3) is 0.350. The topological polar surface area (TPSA) is 88.1 Å². The van der Waals surface area contributed by atoms with Gasteiger partial charge in [-0.25, -0.2) is 17.8 Å². The second kappa shape index (κ2) is 8.75. The number of hydrogen-bond donors (Lipinski definition) is 1. The van der Waals surface area contributed by atoms with E-state index >= 15 is 0 Å². The number of nitrogens with one attached hydrogen (secondary N) is 1. The molecule has 2 aromatic heterocycles. The first-order chi connectivity index (χ1) is 14.5. The van der Waals surface area contributed by atoms with Crippen LogP contribution in [-0.2, 0) is 16.4 Å². The number of anilines is 2. The Morgan fingerprint density at radius 1 is 1.20 bits per heavy atom. The lowest BCUT2D eigenvalue weighted by atomic mass is 9.96. The normalized spacial score (nSPS) is 17.7. The Kier molecular flexibility index (Phi) is 6.07. The minimum Gasteiger partial charge on any atom is -0.315 e. The Labute approximate surface area is 179 Å². The molecule has 0 bridgehead atoms. The third-order valence-corrected chi connectivity index (χ3v) is 7.89. The fourth-order valence-corrected chi connectivity index (χ4v) is 5.67. The number of rotatable bonds is 6. The van der Waals surface area contributed by atoms with E-state index in [1.807, 2.05) is 25.1 Å². The Morgan fingerprint density at radius 3 is 2.73 bits per heavy atom. The molecule has 0 spiro atoms. The van der Waals surface area contributed by atoms with Gasteiger partial charge in [0, 0.05) is 24.7 Å². The second-order valence-corrected chi connectivity index (χ2v) is 10.1. The maximum Gasteiger partial charge on any atom is 0.243 e. The predicted octanol–water partition coefficient (Wildman–Crippen LogP) is 3.95. The van der Waals surface area contributed by atoms with Crippen molar-refractivity contribution in [2.45, 2.75) is 37.0 Å². The molecule has 3 aromatic rings. The van der Waals surface area contributed by atoms with E-state index < -0.39 is 15.8 Å². The van der Waals surface area contributed by atoms with Gasteiger partial charge in [0.2, 0.25) is 15.2 Å². The summed E-state index contributed by atoms with van der Waals surface area (Å²) in [6.45, 7) is 2.81. The number of pyridine rings is 1. The molecule has 3 heterocycles. The zero-order valence-corrected chi connectivity index (χ0v) is 18.1. The highest BCUT2D eigenvalue weighted by Gasteiger charge is 2.31. The Balaban J connectivity index is 1.51. The number of benzene rings is 1. The van der Waals surface area contributed by atoms with Gasteiger partial charge in [0.15, 0.2) is 0 Å². The molecule has 1 saturated heterocycles. The van der Waals surface area contributed by atoms with Crippen LogP contribution in [0.3, 0.4) is 0 Å². The van der Waals surface area contributed by atoms with Crippen molar-refractivity contribution in [1.29, 1.82) is 0 Å². The van der Waals surface area contributed by atoms with Crippen molar-refractivity contribution in [2.75, 3.05) is 18.4 Å².